The molecule has 2 aromatic carbocycles. The van der Waals surface area contributed by atoms with Crippen LogP contribution >= 0.6 is 0 Å². The van der Waals surface area contributed by atoms with E-state index in [-0.39, 0.29) is 0 Å². The van der Waals surface area contributed by atoms with Gasteiger partial charge in [-0.25, -0.2) is 0 Å². The Hall–Kier alpha value is -2.53. The first-order valence-electron chi connectivity index (χ1n) is 6.63. The highest BCUT2D eigenvalue weighted by Crippen LogP contribution is 2.11. The number of benzene rings is 2. The molecule has 0 saturated carbocycles. The van der Waals surface area contributed by atoms with Crippen LogP contribution in [0.3, 0.4) is 0 Å². The predicted octanol–water partition coefficient (Wildman–Crippen LogP) is 3.57. The van der Waals surface area contributed by atoms with Crippen molar-refractivity contribution in [3.8, 4) is 17.6 Å². The fourth-order valence-corrected chi connectivity index (χ4v) is 1.86. The van der Waals surface area contributed by atoms with Crippen LogP contribution in [0.4, 0.5) is 0 Å². The lowest BCUT2D eigenvalue weighted by molar-refractivity contribution is -0.120. The van der Waals surface area contributed by atoms with E-state index in [1.807, 2.05) is 24.3 Å². The highest BCUT2D eigenvalue weighted by atomic mass is 16.5. The second-order valence-electron chi connectivity index (χ2n) is 4.44. The summed E-state index contributed by atoms with van der Waals surface area (Å²) >= 11 is 0. The molecule has 0 heterocycles. The topological polar surface area (TPSA) is 26.3 Å². The molecule has 0 saturated heterocycles. The molecule has 20 heavy (non-hydrogen) atoms. The van der Waals surface area contributed by atoms with Crippen molar-refractivity contribution in [1.82, 2.24) is 0 Å². The summed E-state index contributed by atoms with van der Waals surface area (Å²) in [5, 5.41) is 0. The first-order valence-corrected chi connectivity index (χ1v) is 6.63. The van der Waals surface area contributed by atoms with E-state index in [1.54, 1.807) is 12.1 Å². The van der Waals surface area contributed by atoms with E-state index in [9.17, 15) is 4.79 Å². The summed E-state index contributed by atoms with van der Waals surface area (Å²) in [7, 11) is 0. The van der Waals surface area contributed by atoms with Gasteiger partial charge in [-0.1, -0.05) is 37.3 Å². The zero-order chi connectivity index (χ0) is 14.2. The Morgan fingerprint density at radius 2 is 1.50 bits per heavy atom. The Bertz CT molecular complexity index is 613. The van der Waals surface area contributed by atoms with E-state index in [0.29, 0.717) is 12.2 Å². The Kier molecular flexibility index (Phi) is 4.97. The molecule has 2 heteroatoms. The zero-order valence-electron chi connectivity index (χ0n) is 11.4. The molecule has 0 fully saturated rings. The highest BCUT2D eigenvalue weighted by Gasteiger charge is 1.93. The number of ether oxygens (including phenoxy) is 1. The Balaban J connectivity index is 2.07. The molecular weight excluding hydrogens is 248 g/mol. The number of hydrogen-bond acceptors (Lipinski definition) is 2. The summed E-state index contributed by atoms with van der Waals surface area (Å²) in [4.78, 5) is 10.2. The zero-order valence-corrected chi connectivity index (χ0v) is 11.4. The van der Waals surface area contributed by atoms with Gasteiger partial charge in [0.05, 0.1) is 0 Å². The number of hydrogen-bond donors (Lipinski definition) is 0. The summed E-state index contributed by atoms with van der Waals surface area (Å²) in [6.45, 7) is 2.59. The van der Waals surface area contributed by atoms with Crippen LogP contribution in [0.2, 0.25) is 0 Å². The number of rotatable bonds is 4. The van der Waals surface area contributed by atoms with Crippen molar-refractivity contribution in [2.75, 3.05) is 0 Å². The smallest absolute Gasteiger partial charge is 0.298 e. The number of carbonyl (C=O) groups is 1. The van der Waals surface area contributed by atoms with E-state index in [0.717, 1.165) is 24.0 Å². The summed E-state index contributed by atoms with van der Waals surface area (Å²) in [5.74, 6) is 6.73. The normalized spacial score (nSPS) is 9.45. The van der Waals surface area contributed by atoms with E-state index < -0.39 is 0 Å². The maximum Gasteiger partial charge on any atom is 0.298 e. The Labute approximate surface area is 119 Å². The molecule has 0 amide bonds. The third-order valence-electron chi connectivity index (χ3n) is 2.88. The molecule has 0 bridgehead atoms. The van der Waals surface area contributed by atoms with Crippen molar-refractivity contribution in [1.29, 1.82) is 0 Å². The minimum Gasteiger partial charge on any atom is -0.429 e. The third-order valence-corrected chi connectivity index (χ3v) is 2.88. The number of aryl methyl sites for hydroxylation is 1. The first-order chi connectivity index (χ1) is 9.81. The van der Waals surface area contributed by atoms with Crippen LogP contribution in [-0.4, -0.2) is 6.47 Å². The molecule has 2 nitrogen and oxygen atoms in total. The molecule has 0 aromatic heterocycles. The summed E-state index contributed by atoms with van der Waals surface area (Å²) < 4.78 is 4.73. The van der Waals surface area contributed by atoms with Gasteiger partial charge in [0.25, 0.3) is 6.47 Å². The Morgan fingerprint density at radius 1 is 0.950 bits per heavy atom. The van der Waals surface area contributed by atoms with Crippen molar-refractivity contribution in [2.45, 2.75) is 19.8 Å². The molecule has 2 aromatic rings. The predicted molar refractivity (Wildman–Crippen MR) is 79.6 cm³/mol. The van der Waals surface area contributed by atoms with Crippen molar-refractivity contribution in [3.63, 3.8) is 0 Å². The maximum absolute atomic E-state index is 10.2. The summed E-state index contributed by atoms with van der Waals surface area (Å²) in [6, 6.07) is 15.4. The summed E-state index contributed by atoms with van der Waals surface area (Å²) in [6.07, 6.45) is 2.26. The molecule has 100 valence electrons. The van der Waals surface area contributed by atoms with Gasteiger partial charge in [0.1, 0.15) is 5.75 Å². The number of carbonyl (C=O) groups excluding carboxylic acids is 1. The molecule has 0 atom stereocenters. The second kappa shape index (κ2) is 7.16. The lowest BCUT2D eigenvalue weighted by atomic mass is 10.1. The SMILES string of the molecule is CCCc1ccc(C#Cc2ccc(OC=O)cc2)cc1. The molecule has 0 spiro atoms. The van der Waals surface area contributed by atoms with Crippen LogP contribution < -0.4 is 4.74 Å². The minimum absolute atomic E-state index is 0.415. The maximum atomic E-state index is 10.2. The molecule has 0 aliphatic rings. The third kappa shape index (κ3) is 4.00. The highest BCUT2D eigenvalue weighted by molar-refractivity contribution is 5.48. The molecule has 0 unspecified atom stereocenters. The van der Waals surface area contributed by atoms with Crippen LogP contribution in [0.25, 0.3) is 0 Å². The lowest BCUT2D eigenvalue weighted by Crippen LogP contribution is -1.87. The molecular formula is C18H16O2. The molecule has 0 aliphatic heterocycles. The van der Waals surface area contributed by atoms with Crippen LogP contribution in [0.5, 0.6) is 5.75 Å². The largest absolute Gasteiger partial charge is 0.429 e. The van der Waals surface area contributed by atoms with Gasteiger partial charge in [-0.3, -0.25) is 4.79 Å². The minimum atomic E-state index is 0.415. The van der Waals surface area contributed by atoms with E-state index in [4.69, 9.17) is 4.74 Å². The lowest BCUT2D eigenvalue weighted by Gasteiger charge is -1.98. The van der Waals surface area contributed by atoms with E-state index in [1.165, 1.54) is 5.56 Å². The molecule has 0 N–H and O–H groups in total. The standard InChI is InChI=1S/C18H16O2/c1-2-3-15-4-6-16(7-5-15)8-9-17-10-12-18(13-11-17)20-14-19/h4-7,10-14H,2-3H2,1H3. The van der Waals surface area contributed by atoms with Crippen LogP contribution in [0.1, 0.15) is 30.0 Å². The van der Waals surface area contributed by atoms with Crippen LogP contribution in [-0.2, 0) is 11.2 Å². The van der Waals surface area contributed by atoms with Gasteiger partial charge in [0.15, 0.2) is 0 Å². The monoisotopic (exact) mass is 264 g/mol. The van der Waals surface area contributed by atoms with Crippen LogP contribution in [0, 0.1) is 11.8 Å². The van der Waals surface area contributed by atoms with Crippen molar-refractivity contribution >= 4 is 6.47 Å². The van der Waals surface area contributed by atoms with Crippen molar-refractivity contribution < 1.29 is 9.53 Å². The van der Waals surface area contributed by atoms with E-state index in [2.05, 4.69) is 30.9 Å². The van der Waals surface area contributed by atoms with Gasteiger partial charge in [0, 0.05) is 11.1 Å². The van der Waals surface area contributed by atoms with Gasteiger partial charge in [-0.05, 0) is 48.4 Å². The van der Waals surface area contributed by atoms with Gasteiger partial charge in [-0.2, -0.15) is 0 Å². The Morgan fingerprint density at radius 3 is 2.00 bits per heavy atom. The molecule has 2 rings (SSSR count). The average Bonchev–Trinajstić information content (AvgIpc) is 2.49. The fraction of sp³-hybridized carbons (Fsp3) is 0.167. The summed E-state index contributed by atoms with van der Waals surface area (Å²) in [5.41, 5.74) is 3.23. The first kappa shape index (κ1) is 13.9. The fourth-order valence-electron chi connectivity index (χ4n) is 1.86. The van der Waals surface area contributed by atoms with Crippen molar-refractivity contribution in [3.05, 3.63) is 65.2 Å². The van der Waals surface area contributed by atoms with Crippen molar-refractivity contribution in [2.24, 2.45) is 0 Å². The van der Waals surface area contributed by atoms with Gasteiger partial charge < -0.3 is 4.74 Å². The molecule has 0 radical (unpaired) electrons. The van der Waals surface area contributed by atoms with Gasteiger partial charge >= 0.3 is 0 Å². The van der Waals surface area contributed by atoms with E-state index >= 15 is 0 Å². The van der Waals surface area contributed by atoms with Gasteiger partial charge in [-0.15, -0.1) is 0 Å². The van der Waals surface area contributed by atoms with Gasteiger partial charge in [0.2, 0.25) is 0 Å². The molecule has 0 aliphatic carbocycles. The quantitative estimate of drug-likeness (QED) is 0.623. The second-order valence-corrected chi connectivity index (χ2v) is 4.44. The van der Waals surface area contributed by atoms with Crippen LogP contribution in [0.15, 0.2) is 48.5 Å². The average molecular weight is 264 g/mol.